The van der Waals surface area contributed by atoms with Gasteiger partial charge in [-0.2, -0.15) is 5.26 Å². The highest BCUT2D eigenvalue weighted by atomic mass is 14.9. The zero-order valence-electron chi connectivity index (χ0n) is 10.7. The highest BCUT2D eigenvalue weighted by Gasteiger charge is 2.14. The molecule has 1 aromatic rings. The first-order valence-corrected chi connectivity index (χ1v) is 5.74. The number of aromatic nitrogens is 1. The van der Waals surface area contributed by atoms with Crippen molar-refractivity contribution >= 4 is 0 Å². The van der Waals surface area contributed by atoms with E-state index in [1.165, 1.54) is 5.56 Å². The molecule has 0 aliphatic rings. The summed E-state index contributed by atoms with van der Waals surface area (Å²) in [5.41, 5.74) is 2.23. The van der Waals surface area contributed by atoms with Gasteiger partial charge in [0.1, 0.15) is 11.8 Å². The van der Waals surface area contributed by atoms with Gasteiger partial charge in [-0.15, -0.1) is 0 Å². The fraction of sp³-hybridized carbons (Fsp3) is 0.615. The monoisotopic (exact) mass is 219 g/mol. The predicted molar refractivity (Wildman–Crippen MR) is 65.9 cm³/mol. The molecule has 1 N–H and O–H groups in total. The summed E-state index contributed by atoms with van der Waals surface area (Å²) in [4.78, 5) is 0. The van der Waals surface area contributed by atoms with Crippen LogP contribution in [-0.4, -0.2) is 11.1 Å². The Hall–Kier alpha value is -1.27. The molecule has 0 radical (unpaired) electrons. The summed E-state index contributed by atoms with van der Waals surface area (Å²) in [5, 5.41) is 12.3. The first-order valence-electron chi connectivity index (χ1n) is 5.74. The minimum absolute atomic E-state index is 0.340. The lowest BCUT2D eigenvalue weighted by atomic mass is 9.90. The quantitative estimate of drug-likeness (QED) is 0.826. The van der Waals surface area contributed by atoms with Gasteiger partial charge in [0, 0.05) is 26.3 Å². The molecule has 0 aromatic carbocycles. The molecule has 16 heavy (non-hydrogen) atoms. The summed E-state index contributed by atoms with van der Waals surface area (Å²) >= 11 is 0. The minimum Gasteiger partial charge on any atom is -0.342 e. The lowest BCUT2D eigenvalue weighted by molar-refractivity contribution is 0.327. The van der Waals surface area contributed by atoms with Gasteiger partial charge in [-0.25, -0.2) is 0 Å². The molecule has 0 atom stereocenters. The molecule has 88 valence electrons. The van der Waals surface area contributed by atoms with Crippen molar-refractivity contribution in [1.82, 2.24) is 9.88 Å². The maximum atomic E-state index is 8.83. The number of nitrogens with zero attached hydrogens (tertiary/aromatic N) is 2. The van der Waals surface area contributed by atoms with Crippen molar-refractivity contribution in [3.05, 3.63) is 23.5 Å². The van der Waals surface area contributed by atoms with Crippen molar-refractivity contribution in [2.45, 2.75) is 33.7 Å². The molecule has 0 fully saturated rings. The average molecular weight is 219 g/mol. The molecule has 1 aromatic heterocycles. The second kappa shape index (κ2) is 5.18. The van der Waals surface area contributed by atoms with Crippen LogP contribution in [0.3, 0.4) is 0 Å². The van der Waals surface area contributed by atoms with Crippen LogP contribution < -0.4 is 5.32 Å². The molecule has 0 saturated carbocycles. The minimum atomic E-state index is 0.340. The van der Waals surface area contributed by atoms with Crippen LogP contribution in [0.2, 0.25) is 0 Å². The van der Waals surface area contributed by atoms with Gasteiger partial charge in [0.15, 0.2) is 0 Å². The molecule has 0 spiro atoms. The van der Waals surface area contributed by atoms with Gasteiger partial charge in [0.2, 0.25) is 0 Å². The summed E-state index contributed by atoms with van der Waals surface area (Å²) in [6, 6.07) is 4.11. The van der Waals surface area contributed by atoms with Crippen LogP contribution in [0.4, 0.5) is 0 Å². The van der Waals surface area contributed by atoms with E-state index in [1.54, 1.807) is 0 Å². The third-order valence-electron chi connectivity index (χ3n) is 3.07. The zero-order chi connectivity index (χ0) is 12.2. The predicted octanol–water partition coefficient (Wildman–Crippen LogP) is 2.42. The second-order valence-electron chi connectivity index (χ2n) is 5.08. The van der Waals surface area contributed by atoms with Gasteiger partial charge in [-0.3, -0.25) is 0 Å². The maximum Gasteiger partial charge on any atom is 0.120 e. The third kappa shape index (κ3) is 3.39. The fourth-order valence-electron chi connectivity index (χ4n) is 1.51. The Kier molecular flexibility index (Phi) is 4.14. The number of rotatable bonds is 5. The third-order valence-corrected chi connectivity index (χ3v) is 3.07. The number of nitriles is 1. The van der Waals surface area contributed by atoms with E-state index >= 15 is 0 Å². The standard InChI is InChI=1S/C13H21N3/c1-5-13(2,3)10-15-8-11-6-12(7-14)16(4)9-11/h6,9,15H,5,8,10H2,1-4H3. The summed E-state index contributed by atoms with van der Waals surface area (Å²) in [7, 11) is 1.90. The van der Waals surface area contributed by atoms with Crippen molar-refractivity contribution in [2.24, 2.45) is 12.5 Å². The van der Waals surface area contributed by atoms with Gasteiger partial charge in [-0.1, -0.05) is 20.8 Å². The highest BCUT2D eigenvalue weighted by molar-refractivity contribution is 5.28. The summed E-state index contributed by atoms with van der Waals surface area (Å²) in [5.74, 6) is 0. The van der Waals surface area contributed by atoms with Crippen LogP contribution in [0.15, 0.2) is 12.3 Å². The van der Waals surface area contributed by atoms with Crippen LogP contribution in [0.25, 0.3) is 0 Å². The average Bonchev–Trinajstić information content (AvgIpc) is 2.59. The molecule has 0 amide bonds. The topological polar surface area (TPSA) is 40.8 Å². The largest absolute Gasteiger partial charge is 0.342 e. The molecule has 1 rings (SSSR count). The van der Waals surface area contributed by atoms with Crippen LogP contribution in [0.1, 0.15) is 38.4 Å². The van der Waals surface area contributed by atoms with Gasteiger partial charge >= 0.3 is 0 Å². The molecule has 0 bridgehead atoms. The molecule has 3 nitrogen and oxygen atoms in total. The molecular weight excluding hydrogens is 198 g/mol. The van der Waals surface area contributed by atoms with E-state index in [1.807, 2.05) is 23.9 Å². The molecule has 0 saturated heterocycles. The number of hydrogen-bond acceptors (Lipinski definition) is 2. The van der Waals surface area contributed by atoms with Crippen molar-refractivity contribution < 1.29 is 0 Å². The summed E-state index contributed by atoms with van der Waals surface area (Å²) in [6.07, 6.45) is 3.17. The molecule has 0 aliphatic heterocycles. The Balaban J connectivity index is 2.47. The lowest BCUT2D eigenvalue weighted by Crippen LogP contribution is -2.28. The van der Waals surface area contributed by atoms with Crippen molar-refractivity contribution in [1.29, 1.82) is 5.26 Å². The Morgan fingerprint density at radius 2 is 2.19 bits per heavy atom. The second-order valence-corrected chi connectivity index (χ2v) is 5.08. The number of nitrogens with one attached hydrogen (secondary N) is 1. The lowest BCUT2D eigenvalue weighted by Gasteiger charge is -2.22. The van der Waals surface area contributed by atoms with E-state index in [0.29, 0.717) is 11.1 Å². The van der Waals surface area contributed by atoms with Crippen LogP contribution in [0.5, 0.6) is 0 Å². The van der Waals surface area contributed by atoms with Crippen LogP contribution in [0, 0.1) is 16.7 Å². The molecular formula is C13H21N3. The normalized spacial score (nSPS) is 11.4. The van der Waals surface area contributed by atoms with Crippen LogP contribution in [-0.2, 0) is 13.6 Å². The fourth-order valence-corrected chi connectivity index (χ4v) is 1.51. The first-order chi connectivity index (χ1) is 7.48. The molecule has 1 heterocycles. The van der Waals surface area contributed by atoms with Crippen molar-refractivity contribution in [3.63, 3.8) is 0 Å². The molecule has 3 heteroatoms. The Labute approximate surface area is 98.1 Å². The van der Waals surface area contributed by atoms with E-state index in [4.69, 9.17) is 5.26 Å². The first kappa shape index (κ1) is 12.8. The maximum absolute atomic E-state index is 8.83. The highest BCUT2D eigenvalue weighted by Crippen LogP contribution is 2.18. The summed E-state index contributed by atoms with van der Waals surface area (Å²) < 4.78 is 1.86. The number of aryl methyl sites for hydroxylation is 1. The van der Waals surface area contributed by atoms with Gasteiger partial charge < -0.3 is 9.88 Å². The Bertz CT molecular complexity index is 382. The van der Waals surface area contributed by atoms with Crippen molar-refractivity contribution in [2.75, 3.05) is 6.54 Å². The smallest absolute Gasteiger partial charge is 0.120 e. The van der Waals surface area contributed by atoms with E-state index in [-0.39, 0.29) is 0 Å². The Morgan fingerprint density at radius 3 is 2.69 bits per heavy atom. The SMILES string of the molecule is CCC(C)(C)CNCc1cc(C#N)n(C)c1. The Morgan fingerprint density at radius 1 is 1.50 bits per heavy atom. The number of hydrogen-bond donors (Lipinski definition) is 1. The van der Waals surface area contributed by atoms with E-state index < -0.39 is 0 Å². The van der Waals surface area contributed by atoms with E-state index in [9.17, 15) is 0 Å². The zero-order valence-corrected chi connectivity index (χ0v) is 10.7. The van der Waals surface area contributed by atoms with Crippen molar-refractivity contribution in [3.8, 4) is 6.07 Å². The van der Waals surface area contributed by atoms with E-state index in [0.717, 1.165) is 19.5 Å². The van der Waals surface area contributed by atoms with E-state index in [2.05, 4.69) is 32.2 Å². The van der Waals surface area contributed by atoms with Gasteiger partial charge in [0.25, 0.3) is 0 Å². The van der Waals surface area contributed by atoms with Crippen LogP contribution >= 0.6 is 0 Å². The van der Waals surface area contributed by atoms with Gasteiger partial charge in [0.05, 0.1) is 0 Å². The summed E-state index contributed by atoms with van der Waals surface area (Å²) in [6.45, 7) is 8.55. The van der Waals surface area contributed by atoms with Gasteiger partial charge in [-0.05, 0) is 23.5 Å². The molecule has 0 aliphatic carbocycles. The molecule has 0 unspecified atom stereocenters.